The second-order valence-corrected chi connectivity index (χ2v) is 6.19. The smallest absolute Gasteiger partial charge is 0.303 e. The van der Waals surface area contributed by atoms with Crippen LogP contribution in [-0.4, -0.2) is 17.0 Å². The van der Waals surface area contributed by atoms with Crippen LogP contribution in [-0.2, 0) is 9.59 Å². The summed E-state index contributed by atoms with van der Waals surface area (Å²) >= 11 is 1.62. The SMILES string of the molecule is CC(CC(=O)O)CC(=O)NC(c1cccs1)C(C)C. The molecule has 0 aliphatic rings. The number of hydrogen-bond donors (Lipinski definition) is 2. The van der Waals surface area contributed by atoms with E-state index < -0.39 is 5.97 Å². The Hall–Kier alpha value is -1.36. The summed E-state index contributed by atoms with van der Waals surface area (Å²) in [5, 5.41) is 13.7. The van der Waals surface area contributed by atoms with Gasteiger partial charge in [-0.2, -0.15) is 0 Å². The Kier molecular flexibility index (Phi) is 6.02. The molecule has 2 N–H and O–H groups in total. The van der Waals surface area contributed by atoms with Crippen molar-refractivity contribution in [1.29, 1.82) is 0 Å². The molecular weight excluding hydrogens is 262 g/mol. The van der Waals surface area contributed by atoms with Crippen molar-refractivity contribution in [3.63, 3.8) is 0 Å². The van der Waals surface area contributed by atoms with Crippen LogP contribution in [0, 0.1) is 11.8 Å². The van der Waals surface area contributed by atoms with E-state index >= 15 is 0 Å². The Morgan fingerprint density at radius 3 is 2.47 bits per heavy atom. The molecule has 0 aliphatic heterocycles. The average Bonchev–Trinajstić information content (AvgIpc) is 2.76. The van der Waals surface area contributed by atoms with Crippen molar-refractivity contribution in [2.75, 3.05) is 0 Å². The fourth-order valence-electron chi connectivity index (χ4n) is 1.95. The molecule has 0 spiro atoms. The summed E-state index contributed by atoms with van der Waals surface area (Å²) in [5.41, 5.74) is 0. The first-order chi connectivity index (χ1) is 8.90. The van der Waals surface area contributed by atoms with Crippen molar-refractivity contribution in [2.45, 2.75) is 39.7 Å². The number of thiophene rings is 1. The maximum absolute atomic E-state index is 11.9. The molecule has 5 heteroatoms. The molecule has 0 bridgehead atoms. The molecule has 1 rings (SSSR count). The number of rotatable bonds is 7. The van der Waals surface area contributed by atoms with E-state index in [9.17, 15) is 9.59 Å². The number of aliphatic carboxylic acids is 1. The molecule has 0 saturated carbocycles. The molecule has 1 heterocycles. The Bertz CT molecular complexity index is 414. The van der Waals surface area contributed by atoms with Gasteiger partial charge in [0.15, 0.2) is 0 Å². The first-order valence-electron chi connectivity index (χ1n) is 6.44. The maximum atomic E-state index is 11.9. The molecular formula is C14H21NO3S. The summed E-state index contributed by atoms with van der Waals surface area (Å²) < 4.78 is 0. The second-order valence-electron chi connectivity index (χ2n) is 5.21. The molecule has 4 nitrogen and oxygen atoms in total. The molecule has 0 aromatic carbocycles. The van der Waals surface area contributed by atoms with E-state index in [1.807, 2.05) is 17.5 Å². The molecule has 0 saturated heterocycles. The van der Waals surface area contributed by atoms with Crippen LogP contribution in [0.3, 0.4) is 0 Å². The van der Waals surface area contributed by atoms with E-state index in [0.29, 0.717) is 5.92 Å². The van der Waals surface area contributed by atoms with Crippen LogP contribution in [0.15, 0.2) is 17.5 Å². The quantitative estimate of drug-likeness (QED) is 0.808. The molecule has 0 fully saturated rings. The third-order valence-corrected chi connectivity index (χ3v) is 3.85. The summed E-state index contributed by atoms with van der Waals surface area (Å²) in [6.45, 7) is 5.90. The van der Waals surface area contributed by atoms with Crippen LogP contribution in [0.5, 0.6) is 0 Å². The topological polar surface area (TPSA) is 66.4 Å². The lowest BCUT2D eigenvalue weighted by Gasteiger charge is -2.22. The maximum Gasteiger partial charge on any atom is 0.303 e. The number of carboxylic acids is 1. The minimum atomic E-state index is -0.862. The van der Waals surface area contributed by atoms with Crippen molar-refractivity contribution in [1.82, 2.24) is 5.32 Å². The van der Waals surface area contributed by atoms with Gasteiger partial charge in [-0.1, -0.05) is 26.8 Å². The minimum absolute atomic E-state index is 0.00419. The van der Waals surface area contributed by atoms with Gasteiger partial charge in [-0.05, 0) is 23.3 Å². The fourth-order valence-corrected chi connectivity index (χ4v) is 2.90. The first kappa shape index (κ1) is 15.7. The van der Waals surface area contributed by atoms with E-state index in [2.05, 4.69) is 19.2 Å². The van der Waals surface area contributed by atoms with Gasteiger partial charge in [0.1, 0.15) is 0 Å². The molecule has 1 amide bonds. The Labute approximate surface area is 117 Å². The first-order valence-corrected chi connectivity index (χ1v) is 7.32. The van der Waals surface area contributed by atoms with Crippen LogP contribution < -0.4 is 5.32 Å². The molecule has 1 aromatic rings. The molecule has 106 valence electrons. The number of amides is 1. The van der Waals surface area contributed by atoms with E-state index in [0.717, 1.165) is 4.88 Å². The van der Waals surface area contributed by atoms with Gasteiger partial charge in [-0.25, -0.2) is 0 Å². The number of hydrogen-bond acceptors (Lipinski definition) is 3. The lowest BCUT2D eigenvalue weighted by molar-refractivity contribution is -0.138. The average molecular weight is 283 g/mol. The van der Waals surface area contributed by atoms with Gasteiger partial charge in [-0.15, -0.1) is 11.3 Å². The highest BCUT2D eigenvalue weighted by atomic mass is 32.1. The fraction of sp³-hybridized carbons (Fsp3) is 0.571. The third kappa shape index (κ3) is 5.42. The largest absolute Gasteiger partial charge is 0.481 e. The molecule has 19 heavy (non-hydrogen) atoms. The van der Waals surface area contributed by atoms with Gasteiger partial charge in [0.05, 0.1) is 6.04 Å². The van der Waals surface area contributed by atoms with Gasteiger partial charge in [-0.3, -0.25) is 9.59 Å². The van der Waals surface area contributed by atoms with Crippen molar-refractivity contribution >= 4 is 23.2 Å². The predicted octanol–water partition coefficient (Wildman–Crippen LogP) is 3.06. The van der Waals surface area contributed by atoms with Gasteiger partial charge in [0.25, 0.3) is 0 Å². The van der Waals surface area contributed by atoms with Crippen LogP contribution in [0.25, 0.3) is 0 Å². The molecule has 0 radical (unpaired) electrons. The minimum Gasteiger partial charge on any atom is -0.481 e. The van der Waals surface area contributed by atoms with E-state index in [-0.39, 0.29) is 30.7 Å². The standard InChI is InChI=1S/C14H21NO3S/c1-9(2)14(11-5-4-6-19-11)15-12(16)7-10(3)8-13(17)18/h4-6,9-10,14H,7-8H2,1-3H3,(H,15,16)(H,17,18). The zero-order valence-corrected chi connectivity index (χ0v) is 12.4. The number of nitrogens with one attached hydrogen (secondary N) is 1. The van der Waals surface area contributed by atoms with Crippen LogP contribution in [0.2, 0.25) is 0 Å². The van der Waals surface area contributed by atoms with Crippen molar-refractivity contribution in [3.05, 3.63) is 22.4 Å². The summed E-state index contributed by atoms with van der Waals surface area (Å²) in [5.74, 6) is -0.786. The second kappa shape index (κ2) is 7.28. The lowest BCUT2D eigenvalue weighted by atomic mass is 10.00. The van der Waals surface area contributed by atoms with E-state index in [4.69, 9.17) is 5.11 Å². The van der Waals surface area contributed by atoms with E-state index in [1.165, 1.54) is 0 Å². The third-order valence-electron chi connectivity index (χ3n) is 2.89. The van der Waals surface area contributed by atoms with Crippen molar-refractivity contribution < 1.29 is 14.7 Å². The summed E-state index contributed by atoms with van der Waals surface area (Å²) in [6, 6.07) is 3.98. The van der Waals surface area contributed by atoms with Crippen LogP contribution in [0.4, 0.5) is 0 Å². The monoisotopic (exact) mass is 283 g/mol. The zero-order valence-electron chi connectivity index (χ0n) is 11.6. The van der Waals surface area contributed by atoms with Gasteiger partial charge >= 0.3 is 5.97 Å². The lowest BCUT2D eigenvalue weighted by Crippen LogP contribution is -2.32. The molecule has 2 unspecified atom stereocenters. The van der Waals surface area contributed by atoms with Gasteiger partial charge < -0.3 is 10.4 Å². The summed E-state index contributed by atoms with van der Waals surface area (Å²) in [6.07, 6.45) is 0.277. The van der Waals surface area contributed by atoms with Gasteiger partial charge in [0.2, 0.25) is 5.91 Å². The van der Waals surface area contributed by atoms with Crippen LogP contribution >= 0.6 is 11.3 Å². The number of carbonyl (C=O) groups excluding carboxylic acids is 1. The molecule has 2 atom stereocenters. The number of carbonyl (C=O) groups is 2. The number of carboxylic acid groups (broad SMARTS) is 1. The summed E-state index contributed by atoms with van der Waals surface area (Å²) in [4.78, 5) is 23.7. The van der Waals surface area contributed by atoms with Crippen LogP contribution in [0.1, 0.15) is 44.5 Å². The molecule has 1 aromatic heterocycles. The highest BCUT2D eigenvalue weighted by Crippen LogP contribution is 2.26. The zero-order chi connectivity index (χ0) is 14.4. The summed E-state index contributed by atoms with van der Waals surface area (Å²) in [7, 11) is 0. The van der Waals surface area contributed by atoms with E-state index in [1.54, 1.807) is 18.3 Å². The highest BCUT2D eigenvalue weighted by molar-refractivity contribution is 7.10. The van der Waals surface area contributed by atoms with Crippen molar-refractivity contribution in [2.24, 2.45) is 11.8 Å². The highest BCUT2D eigenvalue weighted by Gasteiger charge is 2.20. The Morgan fingerprint density at radius 1 is 1.32 bits per heavy atom. The normalized spacial score (nSPS) is 14.1. The Morgan fingerprint density at radius 2 is 2.00 bits per heavy atom. The van der Waals surface area contributed by atoms with Gasteiger partial charge in [0, 0.05) is 17.7 Å². The molecule has 0 aliphatic carbocycles. The predicted molar refractivity (Wildman–Crippen MR) is 76.1 cm³/mol. The Balaban J connectivity index is 2.55. The van der Waals surface area contributed by atoms with Crippen molar-refractivity contribution in [3.8, 4) is 0 Å².